The average Bonchev–Trinajstić information content (AvgIpc) is 2.39. The molecule has 1 aromatic rings. The lowest BCUT2D eigenvalue weighted by atomic mass is 10.0. The fourth-order valence-electron chi connectivity index (χ4n) is 1.47. The quantitative estimate of drug-likeness (QED) is 0.464. The minimum absolute atomic E-state index is 0.0406. The molecule has 0 aliphatic rings. The SMILES string of the molecule is COC(=O)[C@@](N)(Cc1ccc(OC)cc1)N=C=O. The first kappa shape index (κ1) is 13.9. The van der Waals surface area contributed by atoms with Gasteiger partial charge < -0.3 is 9.47 Å². The van der Waals surface area contributed by atoms with Crippen LogP contribution in [0.15, 0.2) is 29.3 Å². The predicted octanol–water partition coefficient (Wildman–Crippen LogP) is 0.401. The van der Waals surface area contributed by atoms with E-state index in [0.29, 0.717) is 5.75 Å². The van der Waals surface area contributed by atoms with Gasteiger partial charge in [0.2, 0.25) is 11.7 Å². The van der Waals surface area contributed by atoms with Gasteiger partial charge in [0.25, 0.3) is 0 Å². The Hall–Kier alpha value is -2.17. The Balaban J connectivity index is 2.96. The van der Waals surface area contributed by atoms with Gasteiger partial charge in [0.05, 0.1) is 14.2 Å². The first-order chi connectivity index (χ1) is 8.55. The van der Waals surface area contributed by atoms with Crippen LogP contribution in [0.1, 0.15) is 5.56 Å². The van der Waals surface area contributed by atoms with Gasteiger partial charge in [0.15, 0.2) is 0 Å². The van der Waals surface area contributed by atoms with E-state index in [1.807, 2.05) is 0 Å². The lowest BCUT2D eigenvalue weighted by Crippen LogP contribution is -2.48. The van der Waals surface area contributed by atoms with Crippen LogP contribution in [-0.4, -0.2) is 31.9 Å². The number of hydrogen-bond donors (Lipinski definition) is 1. The second kappa shape index (κ2) is 5.95. The Morgan fingerprint density at radius 2 is 2.00 bits per heavy atom. The topological polar surface area (TPSA) is 91.0 Å². The zero-order valence-electron chi connectivity index (χ0n) is 10.2. The van der Waals surface area contributed by atoms with Gasteiger partial charge >= 0.3 is 5.97 Å². The molecule has 0 radical (unpaired) electrons. The minimum Gasteiger partial charge on any atom is -0.497 e. The number of aliphatic imine (C=N–C) groups is 1. The van der Waals surface area contributed by atoms with Crippen molar-refractivity contribution in [1.29, 1.82) is 0 Å². The summed E-state index contributed by atoms with van der Waals surface area (Å²) in [5, 5.41) is 0. The van der Waals surface area contributed by atoms with Gasteiger partial charge in [-0.2, -0.15) is 4.99 Å². The Morgan fingerprint density at radius 1 is 1.39 bits per heavy atom. The molecular formula is C12H14N2O4. The second-order valence-electron chi connectivity index (χ2n) is 3.64. The average molecular weight is 250 g/mol. The third-order valence-electron chi connectivity index (χ3n) is 2.42. The molecule has 0 aromatic heterocycles. The zero-order chi connectivity index (χ0) is 13.6. The summed E-state index contributed by atoms with van der Waals surface area (Å²) in [5.74, 6) is -0.111. The van der Waals surface area contributed by atoms with Crippen molar-refractivity contribution in [3.8, 4) is 5.75 Å². The first-order valence-corrected chi connectivity index (χ1v) is 5.15. The van der Waals surface area contributed by atoms with Gasteiger partial charge in [-0.05, 0) is 17.7 Å². The van der Waals surface area contributed by atoms with E-state index in [-0.39, 0.29) is 6.42 Å². The van der Waals surface area contributed by atoms with Crippen molar-refractivity contribution in [3.63, 3.8) is 0 Å². The number of carbonyl (C=O) groups excluding carboxylic acids is 2. The molecule has 0 aliphatic heterocycles. The van der Waals surface area contributed by atoms with Crippen LogP contribution in [0.4, 0.5) is 0 Å². The van der Waals surface area contributed by atoms with Gasteiger partial charge in [0, 0.05) is 6.42 Å². The molecular weight excluding hydrogens is 236 g/mol. The van der Waals surface area contributed by atoms with Gasteiger partial charge in [-0.15, -0.1) is 0 Å². The van der Waals surface area contributed by atoms with Crippen LogP contribution >= 0.6 is 0 Å². The fourth-order valence-corrected chi connectivity index (χ4v) is 1.47. The Morgan fingerprint density at radius 3 is 2.44 bits per heavy atom. The van der Waals surface area contributed by atoms with Crippen molar-refractivity contribution in [2.75, 3.05) is 14.2 Å². The number of benzene rings is 1. The van der Waals surface area contributed by atoms with Crippen LogP contribution in [-0.2, 0) is 20.7 Å². The number of nitrogens with zero attached hydrogens (tertiary/aromatic N) is 1. The molecule has 0 saturated heterocycles. The van der Waals surface area contributed by atoms with Gasteiger partial charge in [-0.25, -0.2) is 9.59 Å². The maximum absolute atomic E-state index is 11.5. The highest BCUT2D eigenvalue weighted by molar-refractivity contribution is 5.81. The van der Waals surface area contributed by atoms with Crippen molar-refractivity contribution in [2.45, 2.75) is 12.1 Å². The molecule has 2 N–H and O–H groups in total. The molecule has 0 saturated carbocycles. The van der Waals surface area contributed by atoms with Gasteiger partial charge in [0.1, 0.15) is 5.75 Å². The Bertz CT molecular complexity index is 465. The maximum Gasteiger partial charge on any atom is 0.349 e. The molecule has 0 aliphatic carbocycles. The summed E-state index contributed by atoms with van der Waals surface area (Å²) in [5.41, 5.74) is 4.71. The van der Waals surface area contributed by atoms with E-state index in [0.717, 1.165) is 5.56 Å². The van der Waals surface area contributed by atoms with E-state index in [4.69, 9.17) is 10.5 Å². The Labute approximate surface area is 104 Å². The van der Waals surface area contributed by atoms with Crippen molar-refractivity contribution in [2.24, 2.45) is 10.7 Å². The number of methoxy groups -OCH3 is 2. The molecule has 0 amide bonds. The number of rotatable bonds is 5. The molecule has 0 spiro atoms. The lowest BCUT2D eigenvalue weighted by molar-refractivity contribution is -0.146. The number of hydrogen-bond acceptors (Lipinski definition) is 6. The summed E-state index contributed by atoms with van der Waals surface area (Å²) >= 11 is 0. The van der Waals surface area contributed by atoms with Crippen LogP contribution in [0.3, 0.4) is 0 Å². The van der Waals surface area contributed by atoms with Crippen molar-refractivity contribution < 1.29 is 19.1 Å². The molecule has 6 nitrogen and oxygen atoms in total. The summed E-state index contributed by atoms with van der Waals surface area (Å²) in [7, 11) is 2.73. The van der Waals surface area contributed by atoms with E-state index in [1.165, 1.54) is 13.2 Å². The van der Waals surface area contributed by atoms with Gasteiger partial charge in [-0.1, -0.05) is 12.1 Å². The van der Waals surface area contributed by atoms with E-state index in [9.17, 15) is 9.59 Å². The van der Waals surface area contributed by atoms with Crippen molar-refractivity contribution in [3.05, 3.63) is 29.8 Å². The molecule has 6 heteroatoms. The van der Waals surface area contributed by atoms with Crippen molar-refractivity contribution in [1.82, 2.24) is 0 Å². The second-order valence-corrected chi connectivity index (χ2v) is 3.64. The molecule has 0 heterocycles. The number of isocyanates is 1. The monoisotopic (exact) mass is 250 g/mol. The van der Waals surface area contributed by atoms with Crippen LogP contribution < -0.4 is 10.5 Å². The third-order valence-corrected chi connectivity index (χ3v) is 2.42. The summed E-state index contributed by atoms with van der Waals surface area (Å²) in [6.07, 6.45) is 1.33. The number of esters is 1. The molecule has 96 valence electrons. The van der Waals surface area contributed by atoms with E-state index >= 15 is 0 Å². The predicted molar refractivity (Wildman–Crippen MR) is 63.8 cm³/mol. The molecule has 0 unspecified atom stereocenters. The highest BCUT2D eigenvalue weighted by Gasteiger charge is 2.35. The lowest BCUT2D eigenvalue weighted by Gasteiger charge is -2.20. The van der Waals surface area contributed by atoms with Crippen LogP contribution in [0.25, 0.3) is 0 Å². The summed E-state index contributed by atoms with van der Waals surface area (Å²) in [6, 6.07) is 6.89. The zero-order valence-corrected chi connectivity index (χ0v) is 10.2. The van der Waals surface area contributed by atoms with Crippen molar-refractivity contribution >= 4 is 12.0 Å². The molecule has 0 fully saturated rings. The maximum atomic E-state index is 11.5. The summed E-state index contributed by atoms with van der Waals surface area (Å²) in [4.78, 5) is 25.2. The van der Waals surface area contributed by atoms with Crippen LogP contribution in [0.5, 0.6) is 5.75 Å². The number of carbonyl (C=O) groups is 1. The van der Waals surface area contributed by atoms with Crippen LogP contribution in [0.2, 0.25) is 0 Å². The molecule has 1 atom stereocenters. The minimum atomic E-state index is -1.74. The van der Waals surface area contributed by atoms with Crippen LogP contribution in [0, 0.1) is 0 Å². The largest absolute Gasteiger partial charge is 0.497 e. The normalized spacial score (nSPS) is 13.1. The third kappa shape index (κ3) is 3.16. The standard InChI is InChI=1S/C12H14N2O4/c1-17-10-5-3-9(4-6-10)7-12(13,14-8-15)11(16)18-2/h3-6H,7,13H2,1-2H3/t12-/m1/s1. The number of ether oxygens (including phenoxy) is 2. The highest BCUT2D eigenvalue weighted by atomic mass is 16.5. The van der Waals surface area contributed by atoms with E-state index in [2.05, 4.69) is 9.73 Å². The fraction of sp³-hybridized carbons (Fsp3) is 0.333. The number of nitrogens with two attached hydrogens (primary N) is 1. The molecule has 1 aromatic carbocycles. The smallest absolute Gasteiger partial charge is 0.349 e. The Kier molecular flexibility index (Phi) is 4.59. The summed E-state index contributed by atoms with van der Waals surface area (Å²) < 4.78 is 9.53. The molecule has 18 heavy (non-hydrogen) atoms. The summed E-state index contributed by atoms with van der Waals surface area (Å²) in [6.45, 7) is 0. The van der Waals surface area contributed by atoms with Gasteiger partial charge in [-0.3, -0.25) is 5.73 Å². The first-order valence-electron chi connectivity index (χ1n) is 5.15. The van der Waals surface area contributed by atoms with E-state index < -0.39 is 11.6 Å². The molecule has 0 bridgehead atoms. The molecule has 1 rings (SSSR count). The van der Waals surface area contributed by atoms with E-state index in [1.54, 1.807) is 31.4 Å². The highest BCUT2D eigenvalue weighted by Crippen LogP contribution is 2.17.